The summed E-state index contributed by atoms with van der Waals surface area (Å²) in [7, 11) is 0. The number of carbonyl (C=O) groups excluding carboxylic acids is 4. The number of hydrogen-bond acceptors (Lipinski definition) is 9. The molecule has 0 aliphatic rings. The number of benzene rings is 2. The van der Waals surface area contributed by atoms with Crippen molar-refractivity contribution < 1.29 is 42.6 Å². The molecule has 0 aliphatic carbocycles. The van der Waals surface area contributed by atoms with E-state index in [-0.39, 0.29) is 46.7 Å². The van der Waals surface area contributed by atoms with Crippen LogP contribution in [0.1, 0.15) is 65.7 Å². The molecule has 13 heteroatoms. The summed E-state index contributed by atoms with van der Waals surface area (Å²) in [4.78, 5) is 69.4. The van der Waals surface area contributed by atoms with Gasteiger partial charge >= 0.3 is 11.9 Å². The van der Waals surface area contributed by atoms with Gasteiger partial charge in [0.1, 0.15) is 11.6 Å². The first kappa shape index (κ1) is 38.2. The van der Waals surface area contributed by atoms with Crippen LogP contribution in [0.25, 0.3) is 22.2 Å². The van der Waals surface area contributed by atoms with Gasteiger partial charge in [-0.15, -0.1) is 0 Å². The fourth-order valence-corrected chi connectivity index (χ4v) is 4.00. The van der Waals surface area contributed by atoms with Gasteiger partial charge in [-0.25, -0.2) is 23.4 Å². The lowest BCUT2D eigenvalue weighted by Gasteiger charge is -2.18. The summed E-state index contributed by atoms with van der Waals surface area (Å²) in [5.41, 5.74) is 2.01. The summed E-state index contributed by atoms with van der Waals surface area (Å²) in [5.74, 6) is -3.81. The van der Waals surface area contributed by atoms with E-state index in [0.29, 0.717) is 27.7 Å². The Labute approximate surface area is 286 Å². The van der Waals surface area contributed by atoms with E-state index >= 15 is 0 Å². The molecule has 0 fully saturated rings. The summed E-state index contributed by atoms with van der Waals surface area (Å²) in [6.45, 7) is 8.40. The van der Waals surface area contributed by atoms with Crippen LogP contribution in [0.2, 0.25) is 0 Å². The van der Waals surface area contributed by atoms with Crippen molar-refractivity contribution in [3.8, 4) is 11.3 Å². The molecule has 0 saturated carbocycles. The van der Waals surface area contributed by atoms with Gasteiger partial charge in [0.15, 0.2) is 5.78 Å². The van der Waals surface area contributed by atoms with Crippen LogP contribution >= 0.6 is 0 Å². The number of anilines is 1. The molecule has 0 unspecified atom stereocenters. The van der Waals surface area contributed by atoms with Crippen molar-refractivity contribution in [2.45, 2.75) is 34.6 Å². The molecule has 0 atom stereocenters. The number of ether oxygens (including phenoxy) is 1. The number of nitrogens with zero attached hydrogens (tertiary/aromatic N) is 3. The topological polar surface area (TPSA) is 166 Å². The molecule has 0 bridgehead atoms. The third-order valence-electron chi connectivity index (χ3n) is 6.69. The minimum absolute atomic E-state index is 0.0172. The monoisotopic (exact) mass is 684 g/mol. The third kappa shape index (κ3) is 10.6. The number of nitrogens with one attached hydrogen (secondary N) is 1. The summed E-state index contributed by atoms with van der Waals surface area (Å²) < 4.78 is 29.8. The number of halogens is 2. The fourth-order valence-electron chi connectivity index (χ4n) is 4.00. The minimum atomic E-state index is -1.05. The highest BCUT2D eigenvalue weighted by Crippen LogP contribution is 2.25. The number of ketones is 2. The zero-order valence-electron chi connectivity index (χ0n) is 27.9. The Kier molecular flexibility index (Phi) is 13.2. The molecule has 0 saturated heterocycles. The van der Waals surface area contributed by atoms with Crippen LogP contribution < -0.4 is 5.32 Å². The molecule has 0 spiro atoms. The third-order valence-corrected chi connectivity index (χ3v) is 6.69. The first-order valence-electron chi connectivity index (χ1n) is 15.1. The second kappa shape index (κ2) is 17.2. The molecular formula is C37H34F2N4O7. The molecule has 0 aliphatic heterocycles. The second-order valence-corrected chi connectivity index (χ2v) is 11.5. The highest BCUT2D eigenvalue weighted by molar-refractivity contribution is 6.42. The van der Waals surface area contributed by atoms with E-state index in [2.05, 4.69) is 25.0 Å². The van der Waals surface area contributed by atoms with Crippen LogP contribution in [0.15, 0.2) is 91.5 Å². The Bertz CT molecular complexity index is 2010. The summed E-state index contributed by atoms with van der Waals surface area (Å²) in [6, 6.07) is 15.8. The maximum Gasteiger partial charge on any atom is 0.379 e. The zero-order chi connectivity index (χ0) is 37.0. The number of hydrogen-bond donors (Lipinski definition) is 2. The number of pyridine rings is 3. The Morgan fingerprint density at radius 1 is 0.820 bits per heavy atom. The number of Topliss-reactive ketones (excluding diaryl/α,β-unsaturated/α-hetero) is 2. The molecule has 3 heterocycles. The number of aromatic carboxylic acids is 1. The number of carboxylic acid groups (broad SMARTS) is 1. The Balaban J connectivity index is 0.000000214. The summed E-state index contributed by atoms with van der Waals surface area (Å²) >= 11 is 0. The average Bonchev–Trinajstić information content (AvgIpc) is 3.08. The van der Waals surface area contributed by atoms with Crippen LogP contribution in [-0.2, 0) is 14.3 Å². The molecule has 1 amide bonds. The van der Waals surface area contributed by atoms with Crippen LogP contribution in [-0.4, -0.2) is 56.1 Å². The largest absolute Gasteiger partial charge is 0.478 e. The maximum absolute atomic E-state index is 12.9. The zero-order valence-corrected chi connectivity index (χ0v) is 27.9. The lowest BCUT2D eigenvalue weighted by atomic mass is 9.95. The first-order chi connectivity index (χ1) is 23.6. The predicted molar refractivity (Wildman–Crippen MR) is 182 cm³/mol. The molecule has 2 aromatic carbocycles. The van der Waals surface area contributed by atoms with E-state index in [4.69, 9.17) is 0 Å². The van der Waals surface area contributed by atoms with Crippen molar-refractivity contribution in [3.63, 3.8) is 0 Å². The molecule has 3 aromatic heterocycles. The molecular weight excluding hydrogens is 650 g/mol. The smallest absolute Gasteiger partial charge is 0.379 e. The number of carboxylic acids is 1. The molecule has 258 valence electrons. The number of aromatic nitrogens is 3. The van der Waals surface area contributed by atoms with Crippen LogP contribution in [0.5, 0.6) is 0 Å². The van der Waals surface area contributed by atoms with Gasteiger partial charge in [-0.2, -0.15) is 0 Å². The summed E-state index contributed by atoms with van der Waals surface area (Å²) in [6.07, 6.45) is 5.69. The van der Waals surface area contributed by atoms with E-state index in [1.54, 1.807) is 52.1 Å². The SMILES string of the molecule is CC(=O)c1ccc(F)cc1.CCOC(=O)C(=O)c1cnccc1NC(=O)C(C)(C)C.O=C(O)c1cc(-c2ccc(F)cc2)nc2ccncc12. The van der Waals surface area contributed by atoms with Crippen LogP contribution in [0, 0.1) is 17.0 Å². The molecule has 2 N–H and O–H groups in total. The quantitative estimate of drug-likeness (QED) is 0.104. The predicted octanol–water partition coefficient (Wildman–Crippen LogP) is 6.97. The van der Waals surface area contributed by atoms with E-state index < -0.39 is 23.1 Å². The van der Waals surface area contributed by atoms with E-state index in [1.165, 1.54) is 74.0 Å². The molecule has 50 heavy (non-hydrogen) atoms. The van der Waals surface area contributed by atoms with E-state index in [1.807, 2.05) is 0 Å². The Hall–Kier alpha value is -6.24. The molecule has 5 rings (SSSR count). The van der Waals surface area contributed by atoms with Crippen LogP contribution in [0.3, 0.4) is 0 Å². The van der Waals surface area contributed by atoms with Gasteiger partial charge in [0.2, 0.25) is 5.91 Å². The standard InChI is InChI=1S/C15H9FN2O2.C14H18N2O4.C8H7FO/c16-10-3-1-9(2-4-10)14-7-11(15(19)20)12-8-17-6-5-13(12)18-14;1-5-20-12(18)11(17)9-8-15-7-6-10(9)16-13(19)14(2,3)4;1-6(10)7-2-4-8(9)5-3-7/h1-8H,(H,19,20);6-8H,5H2,1-4H3,(H,15,16,19);2-5H,1H3. The lowest BCUT2D eigenvalue weighted by molar-refractivity contribution is -0.137. The number of fused-ring (bicyclic) bond motifs is 1. The number of carbonyl (C=O) groups is 5. The summed E-state index contributed by atoms with van der Waals surface area (Å²) in [5, 5.41) is 12.4. The van der Waals surface area contributed by atoms with Crippen molar-refractivity contribution in [2.24, 2.45) is 5.41 Å². The highest BCUT2D eigenvalue weighted by Gasteiger charge is 2.26. The van der Waals surface area contributed by atoms with E-state index in [0.717, 1.165) is 0 Å². The molecule has 11 nitrogen and oxygen atoms in total. The maximum atomic E-state index is 12.9. The number of amides is 1. The van der Waals surface area contributed by atoms with Crippen molar-refractivity contribution in [2.75, 3.05) is 11.9 Å². The minimum Gasteiger partial charge on any atom is -0.478 e. The highest BCUT2D eigenvalue weighted by atomic mass is 19.1. The second-order valence-electron chi connectivity index (χ2n) is 11.5. The molecule has 0 radical (unpaired) electrons. The molecule has 5 aromatic rings. The van der Waals surface area contributed by atoms with Crippen molar-refractivity contribution in [1.29, 1.82) is 0 Å². The number of esters is 1. The van der Waals surface area contributed by atoms with E-state index in [9.17, 15) is 37.9 Å². The van der Waals surface area contributed by atoms with Gasteiger partial charge in [-0.1, -0.05) is 20.8 Å². The van der Waals surface area contributed by atoms with Crippen molar-refractivity contribution >= 4 is 46.0 Å². The van der Waals surface area contributed by atoms with Crippen molar-refractivity contribution in [3.05, 3.63) is 120 Å². The fraction of sp³-hybridized carbons (Fsp3) is 0.189. The lowest BCUT2D eigenvalue weighted by Crippen LogP contribution is -2.29. The van der Waals surface area contributed by atoms with Gasteiger partial charge in [-0.3, -0.25) is 24.4 Å². The average molecular weight is 685 g/mol. The van der Waals surface area contributed by atoms with Crippen molar-refractivity contribution in [1.82, 2.24) is 15.0 Å². The van der Waals surface area contributed by atoms with Crippen LogP contribution in [0.4, 0.5) is 14.5 Å². The first-order valence-corrected chi connectivity index (χ1v) is 15.1. The normalized spacial score (nSPS) is 10.5. The van der Waals surface area contributed by atoms with Gasteiger partial charge in [0.25, 0.3) is 5.78 Å². The van der Waals surface area contributed by atoms with Gasteiger partial charge in [0, 0.05) is 46.7 Å². The Morgan fingerprint density at radius 3 is 1.96 bits per heavy atom. The van der Waals surface area contributed by atoms with Gasteiger partial charge < -0.3 is 15.2 Å². The van der Waals surface area contributed by atoms with Gasteiger partial charge in [-0.05, 0) is 80.6 Å². The number of rotatable bonds is 7. The van der Waals surface area contributed by atoms with Gasteiger partial charge in [0.05, 0.1) is 34.6 Å². The Morgan fingerprint density at radius 2 is 1.40 bits per heavy atom.